The highest BCUT2D eigenvalue weighted by Gasteiger charge is 2.11. The number of rotatable bonds is 3. The van der Waals surface area contributed by atoms with E-state index in [0.717, 1.165) is 10.0 Å². The molecule has 0 saturated heterocycles. The van der Waals surface area contributed by atoms with Gasteiger partial charge >= 0.3 is 0 Å². The third-order valence-corrected chi connectivity index (χ3v) is 3.63. The van der Waals surface area contributed by atoms with Crippen molar-refractivity contribution in [2.75, 3.05) is 5.73 Å². The second kappa shape index (κ2) is 5.57. The van der Waals surface area contributed by atoms with E-state index < -0.39 is 0 Å². The number of ketones is 1. The van der Waals surface area contributed by atoms with Gasteiger partial charge in [-0.1, -0.05) is 45.3 Å². The first kappa shape index (κ1) is 13.8. The van der Waals surface area contributed by atoms with Gasteiger partial charge in [0.2, 0.25) is 0 Å². The van der Waals surface area contributed by atoms with Crippen LogP contribution in [-0.4, -0.2) is 5.78 Å². The van der Waals surface area contributed by atoms with Crippen LogP contribution in [-0.2, 0) is 6.42 Å². The Bertz CT molecular complexity index is 614. The molecule has 0 spiro atoms. The number of aryl methyl sites for hydroxylation is 2. The Morgan fingerprint density at radius 1 is 1.11 bits per heavy atom. The molecule has 2 aromatic rings. The molecule has 3 heteroatoms. The molecular weight excluding hydrogens is 302 g/mol. The van der Waals surface area contributed by atoms with E-state index in [1.54, 1.807) is 12.1 Å². The van der Waals surface area contributed by atoms with Crippen molar-refractivity contribution in [3.63, 3.8) is 0 Å². The summed E-state index contributed by atoms with van der Waals surface area (Å²) in [6, 6.07) is 11.5. The first-order chi connectivity index (χ1) is 8.95. The van der Waals surface area contributed by atoms with E-state index in [2.05, 4.69) is 22.0 Å². The maximum Gasteiger partial charge on any atom is 0.168 e. The lowest BCUT2D eigenvalue weighted by molar-refractivity contribution is 0.0992. The van der Waals surface area contributed by atoms with Crippen LogP contribution in [0.3, 0.4) is 0 Å². The largest absolute Gasteiger partial charge is 0.399 e. The fourth-order valence-corrected chi connectivity index (χ4v) is 2.68. The van der Waals surface area contributed by atoms with Gasteiger partial charge in [0.05, 0.1) is 0 Å². The molecule has 2 nitrogen and oxygen atoms in total. The predicted molar refractivity (Wildman–Crippen MR) is 82.5 cm³/mol. The zero-order valence-electron chi connectivity index (χ0n) is 11.0. The van der Waals surface area contributed by atoms with Crippen LogP contribution >= 0.6 is 15.9 Å². The summed E-state index contributed by atoms with van der Waals surface area (Å²) in [5, 5.41) is 0. The van der Waals surface area contributed by atoms with Gasteiger partial charge in [-0.15, -0.1) is 0 Å². The van der Waals surface area contributed by atoms with Crippen molar-refractivity contribution in [2.45, 2.75) is 20.3 Å². The second-order valence-electron chi connectivity index (χ2n) is 4.84. The zero-order valence-corrected chi connectivity index (χ0v) is 12.6. The summed E-state index contributed by atoms with van der Waals surface area (Å²) in [4.78, 5) is 12.3. The van der Waals surface area contributed by atoms with Crippen LogP contribution in [0.4, 0.5) is 5.69 Å². The Hall–Kier alpha value is -1.61. The minimum atomic E-state index is 0.0733. The van der Waals surface area contributed by atoms with Crippen LogP contribution in [0.1, 0.15) is 27.0 Å². The summed E-state index contributed by atoms with van der Waals surface area (Å²) < 4.78 is 0.788. The average molecular weight is 318 g/mol. The van der Waals surface area contributed by atoms with E-state index in [1.165, 1.54) is 11.1 Å². The maximum absolute atomic E-state index is 12.3. The number of anilines is 1. The number of nitrogens with two attached hydrogens (primary N) is 1. The minimum Gasteiger partial charge on any atom is -0.399 e. The molecule has 98 valence electrons. The van der Waals surface area contributed by atoms with Crippen molar-refractivity contribution in [2.24, 2.45) is 0 Å². The zero-order chi connectivity index (χ0) is 14.0. The van der Waals surface area contributed by atoms with Crippen LogP contribution in [0.15, 0.2) is 40.9 Å². The van der Waals surface area contributed by atoms with Crippen LogP contribution in [0, 0.1) is 13.8 Å². The highest BCUT2D eigenvalue weighted by Crippen LogP contribution is 2.22. The molecule has 2 N–H and O–H groups in total. The molecule has 0 amide bonds. The van der Waals surface area contributed by atoms with Crippen molar-refractivity contribution in [1.82, 2.24) is 0 Å². The first-order valence-corrected chi connectivity index (χ1v) is 6.90. The van der Waals surface area contributed by atoms with Gasteiger partial charge in [-0.3, -0.25) is 4.79 Å². The van der Waals surface area contributed by atoms with Gasteiger partial charge in [-0.2, -0.15) is 0 Å². The number of hydrogen-bond acceptors (Lipinski definition) is 2. The number of carbonyl (C=O) groups excluding carboxylic acids is 1. The average Bonchev–Trinajstić information content (AvgIpc) is 2.30. The lowest BCUT2D eigenvalue weighted by Gasteiger charge is -2.07. The number of nitrogen functional groups attached to an aromatic ring is 1. The molecule has 0 saturated carbocycles. The molecule has 0 radical (unpaired) electrons. The Balaban J connectivity index is 2.28. The van der Waals surface area contributed by atoms with Crippen LogP contribution in [0.25, 0.3) is 0 Å². The molecule has 0 bridgehead atoms. The summed E-state index contributed by atoms with van der Waals surface area (Å²) in [5.41, 5.74) is 10.4. The van der Waals surface area contributed by atoms with Gasteiger partial charge in [0.15, 0.2) is 5.78 Å². The normalized spacial score (nSPS) is 10.5. The molecule has 0 atom stereocenters. The molecule has 0 aliphatic heterocycles. The summed E-state index contributed by atoms with van der Waals surface area (Å²) in [7, 11) is 0. The van der Waals surface area contributed by atoms with Gasteiger partial charge in [-0.05, 0) is 37.6 Å². The SMILES string of the molecule is Cc1cc(C)cc(CC(=O)c2cc(N)ccc2Br)c1. The van der Waals surface area contributed by atoms with Gasteiger partial charge in [-0.25, -0.2) is 0 Å². The van der Waals surface area contributed by atoms with Crippen molar-refractivity contribution < 1.29 is 4.79 Å². The Morgan fingerprint density at radius 2 is 1.74 bits per heavy atom. The quantitative estimate of drug-likeness (QED) is 0.685. The molecule has 0 aromatic heterocycles. The molecule has 0 fully saturated rings. The summed E-state index contributed by atoms with van der Waals surface area (Å²) in [6.07, 6.45) is 0.393. The summed E-state index contributed by atoms with van der Waals surface area (Å²) >= 11 is 3.40. The molecule has 0 aliphatic carbocycles. The maximum atomic E-state index is 12.3. The monoisotopic (exact) mass is 317 g/mol. The summed E-state index contributed by atoms with van der Waals surface area (Å²) in [5.74, 6) is 0.0733. The number of hydrogen-bond donors (Lipinski definition) is 1. The highest BCUT2D eigenvalue weighted by atomic mass is 79.9. The summed E-state index contributed by atoms with van der Waals surface area (Å²) in [6.45, 7) is 4.08. The van der Waals surface area contributed by atoms with Gasteiger partial charge in [0.25, 0.3) is 0 Å². The first-order valence-electron chi connectivity index (χ1n) is 6.11. The Labute approximate surface area is 121 Å². The van der Waals surface area contributed by atoms with E-state index in [1.807, 2.05) is 32.0 Å². The van der Waals surface area contributed by atoms with Crippen molar-refractivity contribution in [1.29, 1.82) is 0 Å². The van der Waals surface area contributed by atoms with Crippen LogP contribution in [0.5, 0.6) is 0 Å². The second-order valence-corrected chi connectivity index (χ2v) is 5.69. The Morgan fingerprint density at radius 3 is 2.37 bits per heavy atom. The molecular formula is C16H16BrNO. The van der Waals surface area contributed by atoms with E-state index in [0.29, 0.717) is 17.7 Å². The van der Waals surface area contributed by atoms with Crippen molar-refractivity contribution in [3.05, 3.63) is 63.1 Å². The van der Waals surface area contributed by atoms with E-state index in [9.17, 15) is 4.79 Å². The Kier molecular flexibility index (Phi) is 4.05. The molecule has 2 aromatic carbocycles. The van der Waals surface area contributed by atoms with Crippen LogP contribution in [0.2, 0.25) is 0 Å². The third kappa shape index (κ3) is 3.44. The smallest absolute Gasteiger partial charge is 0.168 e. The standard InChI is InChI=1S/C16H16BrNO/c1-10-5-11(2)7-12(6-10)8-16(19)14-9-13(18)3-4-15(14)17/h3-7,9H,8,18H2,1-2H3. The predicted octanol–water partition coefficient (Wildman–Crippen LogP) is 4.07. The lowest BCUT2D eigenvalue weighted by atomic mass is 9.99. The molecule has 0 aliphatic rings. The van der Waals surface area contributed by atoms with Crippen molar-refractivity contribution >= 4 is 27.4 Å². The fourth-order valence-electron chi connectivity index (χ4n) is 2.21. The topological polar surface area (TPSA) is 43.1 Å². The number of carbonyl (C=O) groups is 1. The molecule has 0 unspecified atom stereocenters. The number of Topliss-reactive ketones (excluding diaryl/α,β-unsaturated/α-hetero) is 1. The molecule has 19 heavy (non-hydrogen) atoms. The molecule has 0 heterocycles. The van der Waals surface area contributed by atoms with Gasteiger partial charge < -0.3 is 5.73 Å². The van der Waals surface area contributed by atoms with Gasteiger partial charge in [0, 0.05) is 22.1 Å². The van der Waals surface area contributed by atoms with Crippen LogP contribution < -0.4 is 5.73 Å². The minimum absolute atomic E-state index is 0.0733. The number of halogens is 1. The fraction of sp³-hybridized carbons (Fsp3) is 0.188. The number of benzene rings is 2. The third-order valence-electron chi connectivity index (χ3n) is 2.94. The van der Waals surface area contributed by atoms with Crippen molar-refractivity contribution in [3.8, 4) is 0 Å². The van der Waals surface area contributed by atoms with Gasteiger partial charge in [0.1, 0.15) is 0 Å². The van der Waals surface area contributed by atoms with E-state index in [-0.39, 0.29) is 5.78 Å². The van der Waals surface area contributed by atoms with E-state index >= 15 is 0 Å². The lowest BCUT2D eigenvalue weighted by Crippen LogP contribution is -2.05. The van der Waals surface area contributed by atoms with E-state index in [4.69, 9.17) is 5.73 Å². The molecule has 2 rings (SSSR count). The highest BCUT2D eigenvalue weighted by molar-refractivity contribution is 9.10.